The average Bonchev–Trinajstić information content (AvgIpc) is 3.38. The van der Waals surface area contributed by atoms with Crippen LogP contribution in [0.4, 0.5) is 0 Å². The molecule has 40 heavy (non-hydrogen) atoms. The number of ether oxygens (including phenoxy) is 1. The second-order valence-corrected chi connectivity index (χ2v) is 13.4. The molecule has 3 aromatic rings. The van der Waals surface area contributed by atoms with E-state index in [0.29, 0.717) is 22.6 Å². The maximum absolute atomic E-state index is 13.9. The van der Waals surface area contributed by atoms with Crippen molar-refractivity contribution in [2.24, 2.45) is 11.5 Å². The zero-order valence-corrected chi connectivity index (χ0v) is 24.8. The number of carbonyl (C=O) groups excluding carboxylic acids is 2. The van der Waals surface area contributed by atoms with E-state index in [2.05, 4.69) is 77.5 Å². The van der Waals surface area contributed by atoms with Gasteiger partial charge in [-0.15, -0.1) is 0 Å². The molecule has 0 aliphatic carbocycles. The van der Waals surface area contributed by atoms with Crippen LogP contribution in [0.3, 0.4) is 0 Å². The Morgan fingerprint density at radius 2 is 1.38 bits per heavy atom. The fraction of sp³-hybridized carbons (Fsp3) is 0.469. The van der Waals surface area contributed by atoms with Gasteiger partial charge in [-0.25, -0.2) is 4.98 Å². The van der Waals surface area contributed by atoms with Crippen LogP contribution < -0.4 is 16.2 Å². The van der Waals surface area contributed by atoms with Gasteiger partial charge in [0.05, 0.1) is 36.1 Å². The highest BCUT2D eigenvalue weighted by molar-refractivity contribution is 6.05. The highest BCUT2D eigenvalue weighted by Crippen LogP contribution is 2.53. The lowest BCUT2D eigenvalue weighted by atomic mass is 9.70. The van der Waals surface area contributed by atoms with Crippen LogP contribution in [-0.4, -0.2) is 45.3 Å². The first kappa shape index (κ1) is 29.6. The predicted molar refractivity (Wildman–Crippen MR) is 156 cm³/mol. The van der Waals surface area contributed by atoms with E-state index in [1.165, 1.54) is 0 Å². The van der Waals surface area contributed by atoms with Gasteiger partial charge in [0.15, 0.2) is 11.6 Å². The van der Waals surface area contributed by atoms with Crippen molar-refractivity contribution in [1.82, 2.24) is 9.97 Å². The van der Waals surface area contributed by atoms with Crippen molar-refractivity contribution in [1.29, 1.82) is 0 Å². The van der Waals surface area contributed by atoms with Crippen molar-refractivity contribution >= 4 is 11.6 Å². The number of nitrogens with zero attached hydrogens (tertiary/aromatic N) is 1. The highest BCUT2D eigenvalue weighted by atomic mass is 16.5. The number of nitrogens with one attached hydrogen (secondary N) is 1. The van der Waals surface area contributed by atoms with E-state index < -0.39 is 29.9 Å². The summed E-state index contributed by atoms with van der Waals surface area (Å²) in [5.41, 5.74) is 16.3. The van der Waals surface area contributed by atoms with Crippen molar-refractivity contribution in [2.75, 3.05) is 6.61 Å². The summed E-state index contributed by atoms with van der Waals surface area (Å²) < 4.78 is 6.58. The first-order valence-corrected chi connectivity index (χ1v) is 13.7. The summed E-state index contributed by atoms with van der Waals surface area (Å²) in [6.45, 7) is 16.2. The minimum Gasteiger partial charge on any atom is -0.455 e. The maximum atomic E-state index is 13.9. The summed E-state index contributed by atoms with van der Waals surface area (Å²) in [6.07, 6.45) is 3.50. The molecule has 1 aliphatic heterocycles. The molecule has 2 heterocycles. The molecule has 0 saturated heterocycles. The second-order valence-electron chi connectivity index (χ2n) is 13.4. The Labute approximate surface area is 236 Å². The van der Waals surface area contributed by atoms with Gasteiger partial charge in [0, 0.05) is 34.9 Å². The smallest absolute Gasteiger partial charge is 0.185 e. The summed E-state index contributed by atoms with van der Waals surface area (Å²) in [5.74, 6) is 0.0754. The summed E-state index contributed by atoms with van der Waals surface area (Å²) in [5, 5.41) is 9.70. The molecule has 8 heteroatoms. The van der Waals surface area contributed by atoms with Crippen LogP contribution in [0.15, 0.2) is 36.8 Å². The highest BCUT2D eigenvalue weighted by Gasteiger charge is 2.41. The molecule has 214 valence electrons. The number of imidazole rings is 1. The monoisotopic (exact) mass is 546 g/mol. The van der Waals surface area contributed by atoms with Crippen molar-refractivity contribution < 1.29 is 19.4 Å². The van der Waals surface area contributed by atoms with Crippen LogP contribution >= 0.6 is 0 Å². The number of ketones is 2. The number of aromatic nitrogens is 2. The van der Waals surface area contributed by atoms with Gasteiger partial charge in [-0.2, -0.15) is 0 Å². The third kappa shape index (κ3) is 5.36. The third-order valence-electron chi connectivity index (χ3n) is 7.86. The molecular weight excluding hydrogens is 504 g/mol. The number of benzene rings is 2. The van der Waals surface area contributed by atoms with E-state index in [1.807, 2.05) is 6.07 Å². The number of aromatic amines is 1. The van der Waals surface area contributed by atoms with Gasteiger partial charge >= 0.3 is 0 Å². The summed E-state index contributed by atoms with van der Waals surface area (Å²) in [7, 11) is 0. The summed E-state index contributed by atoms with van der Waals surface area (Å²) in [6, 6.07) is 5.90. The predicted octanol–water partition coefficient (Wildman–Crippen LogP) is 4.69. The number of aliphatic hydroxyl groups excluding tert-OH is 1. The van der Waals surface area contributed by atoms with Crippen LogP contribution in [0.25, 0.3) is 0 Å². The van der Waals surface area contributed by atoms with Crippen LogP contribution in [0, 0.1) is 0 Å². The number of hydrogen-bond acceptors (Lipinski definition) is 7. The molecule has 8 nitrogen and oxygen atoms in total. The molecule has 2 atom stereocenters. The Bertz CT molecular complexity index is 1440. The van der Waals surface area contributed by atoms with Crippen molar-refractivity contribution in [3.8, 4) is 11.5 Å². The first-order valence-electron chi connectivity index (χ1n) is 13.7. The minimum atomic E-state index is -1.10. The van der Waals surface area contributed by atoms with E-state index in [9.17, 15) is 14.7 Å². The zero-order valence-electron chi connectivity index (χ0n) is 24.8. The van der Waals surface area contributed by atoms with Crippen molar-refractivity contribution in [2.45, 2.75) is 90.1 Å². The normalized spacial score (nSPS) is 16.0. The fourth-order valence-electron chi connectivity index (χ4n) is 5.09. The molecule has 0 spiro atoms. The number of H-pyrrole nitrogens is 1. The lowest BCUT2D eigenvalue weighted by Crippen LogP contribution is -2.37. The number of rotatable bonds is 7. The molecular formula is C32H42N4O4. The molecule has 0 fully saturated rings. The Balaban J connectivity index is 1.98. The minimum absolute atomic E-state index is 0.254. The molecule has 0 unspecified atom stereocenters. The molecule has 2 aromatic carbocycles. The lowest BCUT2D eigenvalue weighted by Gasteiger charge is -2.39. The Morgan fingerprint density at radius 1 is 0.900 bits per heavy atom. The van der Waals surface area contributed by atoms with Gasteiger partial charge in [0.25, 0.3) is 0 Å². The molecule has 1 aliphatic rings. The molecule has 0 radical (unpaired) electrons. The van der Waals surface area contributed by atoms with Gasteiger partial charge in [0.2, 0.25) is 0 Å². The maximum Gasteiger partial charge on any atom is 0.185 e. The molecule has 6 N–H and O–H groups in total. The quantitative estimate of drug-likeness (QED) is 0.315. The van der Waals surface area contributed by atoms with Gasteiger partial charge in [-0.3, -0.25) is 9.59 Å². The summed E-state index contributed by atoms with van der Waals surface area (Å²) >= 11 is 0. The standard InChI is InChI=1S/C32H42N4O4/c1-30(2,3)17-9-20(26(38)24(33)13-19-14-35-16-36-19)28-22(11-17)32(7,8)23-12-18(31(4,5)6)10-21(29(23)40-28)27(39)25(34)15-37/h9-12,14,16,24-25,37H,13,15,33-34H2,1-8H3,(H,35,36)/t24-,25-/m0/s1. The molecule has 0 bridgehead atoms. The van der Waals surface area contributed by atoms with Crippen LogP contribution in [0.2, 0.25) is 0 Å². The lowest BCUT2D eigenvalue weighted by molar-refractivity contribution is 0.0922. The molecule has 0 amide bonds. The number of Topliss-reactive ketones (excluding diaryl/α,β-unsaturated/α-hetero) is 2. The topological polar surface area (TPSA) is 144 Å². The number of aliphatic hydroxyl groups is 1. The largest absolute Gasteiger partial charge is 0.455 e. The Morgan fingerprint density at radius 3 is 1.77 bits per heavy atom. The Hall–Kier alpha value is -3.33. The number of fused-ring (bicyclic) bond motifs is 2. The second kappa shape index (κ2) is 10.3. The van der Waals surface area contributed by atoms with Crippen molar-refractivity contribution in [3.63, 3.8) is 0 Å². The number of carbonyl (C=O) groups is 2. The van der Waals surface area contributed by atoms with Crippen LogP contribution in [-0.2, 0) is 22.7 Å². The van der Waals surface area contributed by atoms with E-state index in [4.69, 9.17) is 16.2 Å². The van der Waals surface area contributed by atoms with E-state index in [-0.39, 0.29) is 23.0 Å². The Kier molecular flexibility index (Phi) is 7.60. The van der Waals surface area contributed by atoms with Crippen molar-refractivity contribution in [3.05, 3.63) is 75.9 Å². The van der Waals surface area contributed by atoms with E-state index in [0.717, 1.165) is 27.9 Å². The van der Waals surface area contributed by atoms with Gasteiger partial charge in [-0.1, -0.05) is 67.5 Å². The van der Waals surface area contributed by atoms with Crippen LogP contribution in [0.1, 0.15) is 104 Å². The van der Waals surface area contributed by atoms with E-state index in [1.54, 1.807) is 18.6 Å². The number of nitrogens with two attached hydrogens (primary N) is 2. The van der Waals surface area contributed by atoms with Gasteiger partial charge in [-0.05, 0) is 34.1 Å². The molecule has 0 saturated carbocycles. The first-order chi connectivity index (χ1) is 18.5. The fourth-order valence-corrected chi connectivity index (χ4v) is 5.09. The zero-order chi connectivity index (χ0) is 29.8. The van der Waals surface area contributed by atoms with Crippen LogP contribution in [0.5, 0.6) is 11.5 Å². The van der Waals surface area contributed by atoms with E-state index >= 15 is 0 Å². The summed E-state index contributed by atoms with van der Waals surface area (Å²) in [4.78, 5) is 34.5. The molecule has 4 rings (SSSR count). The molecule has 1 aromatic heterocycles. The van der Waals surface area contributed by atoms with Gasteiger partial charge < -0.3 is 26.3 Å². The number of hydrogen-bond donors (Lipinski definition) is 4. The van der Waals surface area contributed by atoms with Gasteiger partial charge in [0.1, 0.15) is 11.5 Å². The average molecular weight is 547 g/mol. The third-order valence-corrected chi connectivity index (χ3v) is 7.86. The SMILES string of the molecule is CC(C)(C)c1cc(C(=O)[C@@H](N)CO)c2c(c1)C(C)(C)c1cc(C(C)(C)C)cc(C(=O)[C@@H](N)Cc3cnc[nH]3)c1O2.